The van der Waals surface area contributed by atoms with Crippen molar-refractivity contribution in [1.82, 2.24) is 4.90 Å². The van der Waals surface area contributed by atoms with E-state index in [0.29, 0.717) is 18.7 Å². The number of sulfonamides is 1. The van der Waals surface area contributed by atoms with Crippen molar-refractivity contribution in [3.63, 3.8) is 0 Å². The van der Waals surface area contributed by atoms with Crippen LogP contribution >= 0.6 is 0 Å². The predicted octanol–water partition coefficient (Wildman–Crippen LogP) is 0.322. The van der Waals surface area contributed by atoms with Crippen LogP contribution in [-0.2, 0) is 10.0 Å². The summed E-state index contributed by atoms with van der Waals surface area (Å²) >= 11 is 0. The Labute approximate surface area is 115 Å². The first-order valence-corrected chi connectivity index (χ1v) is 6.96. The van der Waals surface area contributed by atoms with Gasteiger partial charge in [0.2, 0.25) is 10.0 Å². The van der Waals surface area contributed by atoms with Gasteiger partial charge in [-0.3, -0.25) is 10.1 Å². The molecule has 0 aliphatic carbocycles. The fourth-order valence-corrected chi connectivity index (χ4v) is 1.95. The van der Waals surface area contributed by atoms with Gasteiger partial charge in [-0.05, 0) is 14.1 Å². The van der Waals surface area contributed by atoms with Gasteiger partial charge in [-0.2, -0.15) is 0 Å². The van der Waals surface area contributed by atoms with Gasteiger partial charge in [0, 0.05) is 18.7 Å². The van der Waals surface area contributed by atoms with Crippen molar-refractivity contribution in [3.05, 3.63) is 28.1 Å². The van der Waals surface area contributed by atoms with Crippen LogP contribution in [0.1, 0.15) is 0 Å². The highest BCUT2D eigenvalue weighted by Gasteiger charge is 2.24. The van der Waals surface area contributed by atoms with Crippen molar-refractivity contribution in [3.8, 4) is 5.75 Å². The average Bonchev–Trinajstić information content (AvgIpc) is 2.26. The summed E-state index contributed by atoms with van der Waals surface area (Å²) in [5.41, 5.74) is -0.658. The quantitative estimate of drug-likeness (QED) is 0.597. The molecule has 112 valence electrons. The van der Waals surface area contributed by atoms with Crippen molar-refractivity contribution < 1.29 is 22.5 Å². The van der Waals surface area contributed by atoms with E-state index in [1.807, 2.05) is 0 Å². The molecular formula is C10H14FN3O5S. The van der Waals surface area contributed by atoms with Crippen LogP contribution in [0.4, 0.5) is 10.1 Å². The molecular weight excluding hydrogens is 293 g/mol. The molecule has 0 saturated carbocycles. The molecule has 0 aliphatic heterocycles. The zero-order valence-corrected chi connectivity index (χ0v) is 11.7. The van der Waals surface area contributed by atoms with Crippen molar-refractivity contribution in [2.45, 2.75) is 4.90 Å². The molecule has 0 amide bonds. The van der Waals surface area contributed by atoms with Crippen molar-refractivity contribution >= 4 is 15.7 Å². The third-order valence-corrected chi connectivity index (χ3v) is 3.24. The fourth-order valence-electron chi connectivity index (χ4n) is 1.34. The first kappa shape index (κ1) is 16.3. The monoisotopic (exact) mass is 307 g/mol. The molecule has 0 radical (unpaired) electrons. The number of nitro benzene ring substituents is 1. The third kappa shape index (κ3) is 4.11. The SMILES string of the molecule is CN(C)CCOc1cc(F)c(S(N)(=O)=O)cc1[N+](=O)[O-]. The maximum atomic E-state index is 13.6. The molecule has 8 nitrogen and oxygen atoms in total. The van der Waals surface area contributed by atoms with Gasteiger partial charge in [0.25, 0.3) is 0 Å². The van der Waals surface area contributed by atoms with Gasteiger partial charge in [0.15, 0.2) is 5.75 Å². The zero-order chi connectivity index (χ0) is 15.5. The van der Waals surface area contributed by atoms with Crippen LogP contribution in [0.5, 0.6) is 5.75 Å². The molecule has 0 atom stereocenters. The second-order valence-electron chi connectivity index (χ2n) is 4.20. The molecule has 0 spiro atoms. The van der Waals surface area contributed by atoms with Crippen LogP contribution in [0, 0.1) is 15.9 Å². The Kier molecular flexibility index (Phi) is 4.98. The summed E-state index contributed by atoms with van der Waals surface area (Å²) in [5.74, 6) is -1.54. The minimum absolute atomic E-state index is 0.0853. The number of benzene rings is 1. The highest BCUT2D eigenvalue weighted by atomic mass is 32.2. The van der Waals surface area contributed by atoms with Crippen molar-refractivity contribution in [2.75, 3.05) is 27.2 Å². The van der Waals surface area contributed by atoms with Crippen LogP contribution < -0.4 is 9.88 Å². The maximum absolute atomic E-state index is 13.6. The van der Waals surface area contributed by atoms with Crippen LogP contribution in [-0.4, -0.2) is 45.5 Å². The van der Waals surface area contributed by atoms with Crippen molar-refractivity contribution in [1.29, 1.82) is 0 Å². The van der Waals surface area contributed by atoms with Crippen LogP contribution in [0.2, 0.25) is 0 Å². The fraction of sp³-hybridized carbons (Fsp3) is 0.400. The number of rotatable bonds is 6. The highest BCUT2D eigenvalue weighted by Crippen LogP contribution is 2.31. The van der Waals surface area contributed by atoms with Gasteiger partial charge in [-0.25, -0.2) is 17.9 Å². The topological polar surface area (TPSA) is 116 Å². The van der Waals surface area contributed by atoms with E-state index >= 15 is 0 Å². The average molecular weight is 307 g/mol. The predicted molar refractivity (Wildman–Crippen MR) is 68.5 cm³/mol. The van der Waals surface area contributed by atoms with Crippen molar-refractivity contribution in [2.24, 2.45) is 5.14 Å². The molecule has 0 saturated heterocycles. The molecule has 1 aromatic rings. The molecule has 1 aromatic carbocycles. The van der Waals surface area contributed by atoms with Gasteiger partial charge in [-0.15, -0.1) is 0 Å². The summed E-state index contributed by atoms with van der Waals surface area (Å²) in [6.45, 7) is 0.539. The molecule has 0 bridgehead atoms. The molecule has 0 fully saturated rings. The largest absolute Gasteiger partial charge is 0.485 e. The van der Waals surface area contributed by atoms with E-state index < -0.39 is 31.3 Å². The number of nitrogens with two attached hydrogens (primary N) is 1. The number of ether oxygens (including phenoxy) is 1. The van der Waals surface area contributed by atoms with Gasteiger partial charge >= 0.3 is 5.69 Å². The van der Waals surface area contributed by atoms with Crippen LogP contribution in [0.3, 0.4) is 0 Å². The lowest BCUT2D eigenvalue weighted by atomic mass is 10.3. The third-order valence-electron chi connectivity index (χ3n) is 2.31. The molecule has 10 heteroatoms. The molecule has 0 aliphatic rings. The van der Waals surface area contributed by atoms with E-state index in [1.165, 1.54) is 0 Å². The number of hydrogen-bond donors (Lipinski definition) is 1. The smallest absolute Gasteiger partial charge is 0.312 e. The maximum Gasteiger partial charge on any atom is 0.312 e. The normalized spacial score (nSPS) is 11.7. The Bertz CT molecular complexity index is 618. The number of likely N-dealkylation sites (N-methyl/N-ethyl adjacent to an activating group) is 1. The minimum atomic E-state index is -4.38. The van der Waals surface area contributed by atoms with Gasteiger partial charge in [-0.1, -0.05) is 0 Å². The highest BCUT2D eigenvalue weighted by molar-refractivity contribution is 7.89. The summed E-state index contributed by atoms with van der Waals surface area (Å²) in [6.07, 6.45) is 0. The Morgan fingerprint density at radius 1 is 1.45 bits per heavy atom. The number of nitrogens with zero attached hydrogens (tertiary/aromatic N) is 2. The first-order valence-electron chi connectivity index (χ1n) is 5.41. The second kappa shape index (κ2) is 6.11. The second-order valence-corrected chi connectivity index (χ2v) is 5.73. The molecule has 2 N–H and O–H groups in total. The number of hydrogen-bond acceptors (Lipinski definition) is 6. The number of nitro groups is 1. The summed E-state index contributed by atoms with van der Waals surface area (Å²) in [6, 6.07) is 1.20. The van der Waals surface area contributed by atoms with E-state index in [1.54, 1.807) is 19.0 Å². The number of primary sulfonamides is 1. The Morgan fingerprint density at radius 3 is 2.50 bits per heavy atom. The van der Waals surface area contributed by atoms with Gasteiger partial charge in [0.05, 0.1) is 4.92 Å². The summed E-state index contributed by atoms with van der Waals surface area (Å²) < 4.78 is 40.9. The van der Waals surface area contributed by atoms with Crippen LogP contribution in [0.15, 0.2) is 17.0 Å². The lowest BCUT2D eigenvalue weighted by Crippen LogP contribution is -2.20. The standard InChI is InChI=1S/C10H14FN3O5S/c1-13(2)3-4-19-9-5-7(11)10(20(12,17)18)6-8(9)14(15)16/h5-6H,3-4H2,1-2H3,(H2,12,17,18). The molecule has 20 heavy (non-hydrogen) atoms. The zero-order valence-electron chi connectivity index (χ0n) is 10.9. The van der Waals surface area contributed by atoms with Gasteiger partial charge < -0.3 is 9.64 Å². The summed E-state index contributed by atoms with van der Waals surface area (Å²) in [4.78, 5) is 10.8. The van der Waals surface area contributed by atoms with E-state index in [0.717, 1.165) is 0 Å². The Morgan fingerprint density at radius 2 is 2.05 bits per heavy atom. The first-order chi connectivity index (χ1) is 9.12. The minimum Gasteiger partial charge on any atom is -0.485 e. The summed E-state index contributed by atoms with van der Waals surface area (Å²) in [5, 5.41) is 15.6. The molecule has 0 aromatic heterocycles. The van der Waals surface area contributed by atoms with Gasteiger partial charge in [0.1, 0.15) is 17.3 Å². The van der Waals surface area contributed by atoms with Crippen LogP contribution in [0.25, 0.3) is 0 Å². The Balaban J connectivity index is 3.19. The molecule has 0 unspecified atom stereocenters. The van der Waals surface area contributed by atoms with E-state index in [9.17, 15) is 22.9 Å². The summed E-state index contributed by atoms with van der Waals surface area (Å²) in [7, 11) is -0.851. The lowest BCUT2D eigenvalue weighted by Gasteiger charge is -2.11. The van der Waals surface area contributed by atoms with E-state index in [4.69, 9.17) is 9.88 Å². The number of halogens is 1. The Hall–Kier alpha value is -1.78. The van der Waals surface area contributed by atoms with E-state index in [-0.39, 0.29) is 12.4 Å². The van der Waals surface area contributed by atoms with E-state index in [2.05, 4.69) is 0 Å². The molecule has 0 heterocycles. The lowest BCUT2D eigenvalue weighted by molar-refractivity contribution is -0.386. The molecule has 1 rings (SSSR count).